The molecule has 27 heavy (non-hydrogen) atoms. The maximum Gasteiger partial charge on any atom is 0.255 e. The van der Waals surface area contributed by atoms with Gasteiger partial charge in [0.1, 0.15) is 0 Å². The molecular formula is C22H19ClN2O2. The van der Waals surface area contributed by atoms with Crippen molar-refractivity contribution in [1.29, 1.82) is 0 Å². The Labute approximate surface area is 163 Å². The van der Waals surface area contributed by atoms with Crippen molar-refractivity contribution in [3.05, 3.63) is 100 Å². The molecule has 3 aromatic rings. The predicted molar refractivity (Wildman–Crippen MR) is 108 cm³/mol. The van der Waals surface area contributed by atoms with Crippen molar-refractivity contribution in [1.82, 2.24) is 5.32 Å². The van der Waals surface area contributed by atoms with Crippen molar-refractivity contribution in [3.63, 3.8) is 0 Å². The van der Waals surface area contributed by atoms with Crippen LogP contribution in [0.25, 0.3) is 0 Å². The lowest BCUT2D eigenvalue weighted by Gasteiger charge is -2.10. The van der Waals surface area contributed by atoms with E-state index in [1.807, 2.05) is 43.3 Å². The van der Waals surface area contributed by atoms with Crippen LogP contribution >= 0.6 is 11.6 Å². The van der Waals surface area contributed by atoms with Gasteiger partial charge in [-0.15, -0.1) is 0 Å². The minimum atomic E-state index is -0.253. The molecule has 2 N–H and O–H groups in total. The number of nitrogens with one attached hydrogen (secondary N) is 2. The molecule has 0 fully saturated rings. The zero-order valence-electron chi connectivity index (χ0n) is 14.8. The Bertz CT molecular complexity index is 968. The first-order chi connectivity index (χ1) is 13.0. The largest absolute Gasteiger partial charge is 0.348 e. The summed E-state index contributed by atoms with van der Waals surface area (Å²) >= 11 is 5.86. The Morgan fingerprint density at radius 3 is 2.22 bits per heavy atom. The monoisotopic (exact) mass is 378 g/mol. The van der Waals surface area contributed by atoms with Crippen molar-refractivity contribution in [2.24, 2.45) is 0 Å². The first-order valence-corrected chi connectivity index (χ1v) is 8.90. The van der Waals surface area contributed by atoms with Crippen molar-refractivity contribution in [2.75, 3.05) is 5.32 Å². The number of hydrogen-bond acceptors (Lipinski definition) is 2. The van der Waals surface area contributed by atoms with Crippen LogP contribution < -0.4 is 10.6 Å². The van der Waals surface area contributed by atoms with E-state index in [9.17, 15) is 9.59 Å². The van der Waals surface area contributed by atoms with E-state index in [0.29, 0.717) is 22.7 Å². The molecule has 0 atom stereocenters. The Balaban J connectivity index is 1.67. The molecule has 0 aliphatic heterocycles. The summed E-state index contributed by atoms with van der Waals surface area (Å²) in [5.74, 6) is -0.493. The molecule has 0 bridgehead atoms. The van der Waals surface area contributed by atoms with Gasteiger partial charge in [0.15, 0.2) is 0 Å². The Hall–Kier alpha value is -3.11. The molecule has 5 heteroatoms. The van der Waals surface area contributed by atoms with Gasteiger partial charge in [-0.2, -0.15) is 0 Å². The highest BCUT2D eigenvalue weighted by molar-refractivity contribution is 6.30. The number of hydrogen-bond donors (Lipinski definition) is 2. The van der Waals surface area contributed by atoms with Gasteiger partial charge in [-0.05, 0) is 54.4 Å². The molecule has 136 valence electrons. The third-order valence-electron chi connectivity index (χ3n) is 4.15. The second-order valence-electron chi connectivity index (χ2n) is 6.16. The van der Waals surface area contributed by atoms with Crippen LogP contribution in [0.3, 0.4) is 0 Å². The van der Waals surface area contributed by atoms with Crippen LogP contribution in [0.5, 0.6) is 0 Å². The highest BCUT2D eigenvalue weighted by atomic mass is 35.5. The summed E-state index contributed by atoms with van der Waals surface area (Å²) in [7, 11) is 0. The number of halogens is 1. The fourth-order valence-electron chi connectivity index (χ4n) is 2.60. The van der Waals surface area contributed by atoms with Crippen LogP contribution in [0.15, 0.2) is 72.8 Å². The molecule has 0 radical (unpaired) electrons. The van der Waals surface area contributed by atoms with Gasteiger partial charge in [0.2, 0.25) is 0 Å². The minimum absolute atomic E-state index is 0.240. The third-order valence-corrected chi connectivity index (χ3v) is 4.40. The van der Waals surface area contributed by atoms with Gasteiger partial charge in [-0.25, -0.2) is 0 Å². The lowest BCUT2D eigenvalue weighted by atomic mass is 10.1. The summed E-state index contributed by atoms with van der Waals surface area (Å²) < 4.78 is 0. The number of aryl methyl sites for hydroxylation is 1. The summed E-state index contributed by atoms with van der Waals surface area (Å²) in [5, 5.41) is 6.37. The van der Waals surface area contributed by atoms with E-state index in [1.165, 1.54) is 0 Å². The molecule has 0 unspecified atom stereocenters. The second-order valence-corrected chi connectivity index (χ2v) is 6.60. The van der Waals surface area contributed by atoms with Crippen LogP contribution in [0, 0.1) is 6.92 Å². The quantitative estimate of drug-likeness (QED) is 0.668. The number of para-hydroxylation sites is 1. The Morgan fingerprint density at radius 1 is 0.852 bits per heavy atom. The highest BCUT2D eigenvalue weighted by Crippen LogP contribution is 2.15. The zero-order chi connectivity index (χ0) is 19.2. The van der Waals surface area contributed by atoms with Crippen LogP contribution in [-0.4, -0.2) is 11.8 Å². The van der Waals surface area contributed by atoms with Crippen LogP contribution in [0.2, 0.25) is 5.02 Å². The number of rotatable bonds is 5. The second kappa shape index (κ2) is 8.52. The average molecular weight is 379 g/mol. The Kier molecular flexibility index (Phi) is 5.89. The van der Waals surface area contributed by atoms with E-state index >= 15 is 0 Å². The van der Waals surface area contributed by atoms with E-state index in [4.69, 9.17) is 11.6 Å². The van der Waals surface area contributed by atoms with Gasteiger partial charge < -0.3 is 10.6 Å². The third kappa shape index (κ3) is 4.96. The molecule has 2 amide bonds. The summed E-state index contributed by atoms with van der Waals surface area (Å²) in [5.41, 5.74) is 3.53. The van der Waals surface area contributed by atoms with Crippen LogP contribution in [0.1, 0.15) is 31.8 Å². The predicted octanol–water partition coefficient (Wildman–Crippen LogP) is 4.83. The Morgan fingerprint density at radius 2 is 1.52 bits per heavy atom. The van der Waals surface area contributed by atoms with Crippen molar-refractivity contribution < 1.29 is 9.59 Å². The van der Waals surface area contributed by atoms with Gasteiger partial charge in [0, 0.05) is 28.4 Å². The molecule has 0 aliphatic carbocycles. The number of carbonyl (C=O) groups is 2. The minimum Gasteiger partial charge on any atom is -0.348 e. The van der Waals surface area contributed by atoms with Crippen LogP contribution in [0.4, 0.5) is 5.69 Å². The molecule has 0 saturated heterocycles. The fourth-order valence-corrected chi connectivity index (χ4v) is 2.72. The molecule has 3 rings (SSSR count). The standard InChI is InChI=1S/C22H19ClN2O2/c1-15-5-2-3-8-20(15)25-22(27)18-7-4-6-17(13-18)21(26)24-14-16-9-11-19(23)12-10-16/h2-13H,14H2,1H3,(H,24,26)(H,25,27). The number of benzene rings is 3. The summed E-state index contributed by atoms with van der Waals surface area (Å²) in [6.45, 7) is 2.31. The highest BCUT2D eigenvalue weighted by Gasteiger charge is 2.11. The van der Waals surface area contributed by atoms with E-state index in [1.54, 1.807) is 36.4 Å². The van der Waals surface area contributed by atoms with Gasteiger partial charge in [-0.3, -0.25) is 9.59 Å². The molecule has 0 saturated carbocycles. The van der Waals surface area contributed by atoms with E-state index in [0.717, 1.165) is 16.8 Å². The number of anilines is 1. The molecule has 0 spiro atoms. The van der Waals surface area contributed by atoms with Gasteiger partial charge >= 0.3 is 0 Å². The smallest absolute Gasteiger partial charge is 0.255 e. The number of amides is 2. The van der Waals surface area contributed by atoms with E-state index < -0.39 is 0 Å². The maximum absolute atomic E-state index is 12.5. The first-order valence-electron chi connectivity index (χ1n) is 8.52. The summed E-state index contributed by atoms with van der Waals surface area (Å²) in [6, 6.07) is 21.5. The first kappa shape index (κ1) is 18.7. The molecular weight excluding hydrogens is 360 g/mol. The number of carbonyl (C=O) groups excluding carboxylic acids is 2. The van der Waals surface area contributed by atoms with Crippen LogP contribution in [-0.2, 0) is 6.54 Å². The van der Waals surface area contributed by atoms with Crippen molar-refractivity contribution in [2.45, 2.75) is 13.5 Å². The van der Waals surface area contributed by atoms with Gasteiger partial charge in [0.25, 0.3) is 11.8 Å². The lowest BCUT2D eigenvalue weighted by molar-refractivity contribution is 0.0951. The average Bonchev–Trinajstić information content (AvgIpc) is 2.69. The molecule has 0 aliphatic rings. The fraction of sp³-hybridized carbons (Fsp3) is 0.0909. The van der Waals surface area contributed by atoms with Gasteiger partial charge in [-0.1, -0.05) is 48.0 Å². The lowest BCUT2D eigenvalue weighted by Crippen LogP contribution is -2.23. The van der Waals surface area contributed by atoms with Crippen molar-refractivity contribution >= 4 is 29.1 Å². The molecule has 0 aromatic heterocycles. The normalized spacial score (nSPS) is 10.3. The molecule has 4 nitrogen and oxygen atoms in total. The zero-order valence-corrected chi connectivity index (χ0v) is 15.6. The van der Waals surface area contributed by atoms with Gasteiger partial charge in [0.05, 0.1) is 0 Å². The molecule has 0 heterocycles. The maximum atomic E-state index is 12.5. The van der Waals surface area contributed by atoms with E-state index in [-0.39, 0.29) is 11.8 Å². The SMILES string of the molecule is Cc1ccccc1NC(=O)c1cccc(C(=O)NCc2ccc(Cl)cc2)c1. The van der Waals surface area contributed by atoms with E-state index in [2.05, 4.69) is 10.6 Å². The topological polar surface area (TPSA) is 58.2 Å². The van der Waals surface area contributed by atoms with Crippen molar-refractivity contribution in [3.8, 4) is 0 Å². The summed E-state index contributed by atoms with van der Waals surface area (Å²) in [4.78, 5) is 24.9. The molecule has 3 aromatic carbocycles. The summed E-state index contributed by atoms with van der Waals surface area (Å²) in [6.07, 6.45) is 0.